The van der Waals surface area contributed by atoms with Gasteiger partial charge in [-0.2, -0.15) is 0 Å². The lowest BCUT2D eigenvalue weighted by molar-refractivity contribution is 0.0977. The van der Waals surface area contributed by atoms with Crippen molar-refractivity contribution in [3.63, 3.8) is 0 Å². The van der Waals surface area contributed by atoms with Gasteiger partial charge in [-0.25, -0.2) is 0 Å². The Morgan fingerprint density at radius 1 is 0.906 bits per heavy atom. The maximum Gasteiger partial charge on any atom is 0.257 e. The molecule has 166 valence electrons. The maximum atomic E-state index is 12.5. The minimum Gasteiger partial charge on any atom is -0.493 e. The number of ether oxygens (including phenoxy) is 3. The highest BCUT2D eigenvalue weighted by Gasteiger charge is 2.12. The highest BCUT2D eigenvalue weighted by molar-refractivity contribution is 9.10. The Hall–Kier alpha value is -3.10. The van der Waals surface area contributed by atoms with Crippen LogP contribution in [0.4, 0.5) is 5.69 Å². The van der Waals surface area contributed by atoms with E-state index in [2.05, 4.69) is 26.6 Å². The van der Waals surface area contributed by atoms with E-state index in [1.165, 1.54) is 0 Å². The largest absolute Gasteiger partial charge is 0.493 e. The van der Waals surface area contributed by atoms with E-state index < -0.39 is 0 Å². The smallest absolute Gasteiger partial charge is 0.257 e. The lowest BCUT2D eigenvalue weighted by Crippen LogP contribution is -2.34. The molecule has 0 aliphatic heterocycles. The van der Waals surface area contributed by atoms with Crippen LogP contribution in [0.2, 0.25) is 0 Å². The number of thiocarbonyl (C=S) groups is 1. The fourth-order valence-electron chi connectivity index (χ4n) is 2.77. The highest BCUT2D eigenvalue weighted by Crippen LogP contribution is 2.26. The Kier molecular flexibility index (Phi) is 8.89. The molecule has 6 nitrogen and oxygen atoms in total. The van der Waals surface area contributed by atoms with E-state index in [0.717, 1.165) is 5.75 Å². The van der Waals surface area contributed by atoms with Crippen molar-refractivity contribution in [3.8, 4) is 17.2 Å². The molecule has 0 unspecified atom stereocenters. The van der Waals surface area contributed by atoms with Crippen LogP contribution >= 0.6 is 28.1 Å². The average molecular weight is 515 g/mol. The lowest BCUT2D eigenvalue weighted by Gasteiger charge is -2.15. The molecule has 2 N–H and O–H groups in total. The first-order valence-corrected chi connectivity index (χ1v) is 11.2. The van der Waals surface area contributed by atoms with Gasteiger partial charge in [-0.3, -0.25) is 10.1 Å². The van der Waals surface area contributed by atoms with Crippen LogP contribution < -0.4 is 24.8 Å². The summed E-state index contributed by atoms with van der Waals surface area (Å²) in [6.07, 6.45) is 0. The van der Waals surface area contributed by atoms with Crippen molar-refractivity contribution in [3.05, 3.63) is 82.8 Å². The molecule has 0 aliphatic rings. The molecule has 1 amide bonds. The number of carbonyl (C=O) groups is 1. The highest BCUT2D eigenvalue weighted by atomic mass is 79.9. The van der Waals surface area contributed by atoms with Crippen LogP contribution in [0, 0.1) is 0 Å². The summed E-state index contributed by atoms with van der Waals surface area (Å²) in [4.78, 5) is 12.5. The Morgan fingerprint density at radius 2 is 1.62 bits per heavy atom. The molecule has 0 radical (unpaired) electrons. The van der Waals surface area contributed by atoms with E-state index in [1.807, 2.05) is 61.5 Å². The van der Waals surface area contributed by atoms with Gasteiger partial charge in [0.25, 0.3) is 5.91 Å². The Labute approximate surface area is 201 Å². The first-order chi connectivity index (χ1) is 15.6. The van der Waals surface area contributed by atoms with E-state index in [-0.39, 0.29) is 11.0 Å². The molecular weight excluding hydrogens is 492 g/mol. The van der Waals surface area contributed by atoms with E-state index in [4.69, 9.17) is 26.4 Å². The molecule has 0 aromatic heterocycles. The number of amides is 1. The topological polar surface area (TPSA) is 68.8 Å². The third-order valence-electron chi connectivity index (χ3n) is 4.21. The number of hydrogen-bond acceptors (Lipinski definition) is 5. The summed E-state index contributed by atoms with van der Waals surface area (Å²) >= 11 is 8.72. The predicted molar refractivity (Wildman–Crippen MR) is 133 cm³/mol. The number of halogens is 1. The Morgan fingerprint density at radius 3 is 2.38 bits per heavy atom. The maximum absolute atomic E-state index is 12.5. The summed E-state index contributed by atoms with van der Waals surface area (Å²) in [5, 5.41) is 5.86. The van der Waals surface area contributed by atoms with Crippen molar-refractivity contribution >= 4 is 44.9 Å². The molecule has 0 saturated heterocycles. The van der Waals surface area contributed by atoms with Crippen molar-refractivity contribution < 1.29 is 19.0 Å². The molecule has 0 atom stereocenters. The third kappa shape index (κ3) is 6.96. The van der Waals surface area contributed by atoms with Crippen molar-refractivity contribution in [1.82, 2.24) is 5.32 Å². The molecule has 8 heteroatoms. The quantitative estimate of drug-likeness (QED) is 0.293. The van der Waals surface area contributed by atoms with Crippen LogP contribution in [0.25, 0.3) is 0 Å². The summed E-state index contributed by atoms with van der Waals surface area (Å²) in [7, 11) is 0. The van der Waals surface area contributed by atoms with Gasteiger partial charge in [0.1, 0.15) is 30.5 Å². The number of rotatable bonds is 9. The van der Waals surface area contributed by atoms with E-state index in [0.29, 0.717) is 47.0 Å². The first kappa shape index (κ1) is 23.6. The number of anilines is 1. The summed E-state index contributed by atoms with van der Waals surface area (Å²) in [5.74, 6) is 1.73. The van der Waals surface area contributed by atoms with Crippen LogP contribution in [-0.2, 0) is 0 Å². The molecule has 0 heterocycles. The summed E-state index contributed by atoms with van der Waals surface area (Å²) in [6.45, 7) is 3.19. The number of carbonyl (C=O) groups excluding carboxylic acids is 1. The van der Waals surface area contributed by atoms with Crippen LogP contribution in [0.15, 0.2) is 77.3 Å². The van der Waals surface area contributed by atoms with Crippen molar-refractivity contribution in [2.45, 2.75) is 6.92 Å². The van der Waals surface area contributed by atoms with E-state index >= 15 is 0 Å². The van der Waals surface area contributed by atoms with Crippen LogP contribution in [-0.4, -0.2) is 30.8 Å². The van der Waals surface area contributed by atoms with Gasteiger partial charge in [-0.05, 0) is 77.5 Å². The zero-order valence-electron chi connectivity index (χ0n) is 17.5. The second-order valence-corrected chi connectivity index (χ2v) is 7.76. The number of para-hydroxylation sites is 3. The molecule has 32 heavy (non-hydrogen) atoms. The first-order valence-electron chi connectivity index (χ1n) is 10.0. The zero-order valence-corrected chi connectivity index (χ0v) is 19.9. The second-order valence-electron chi connectivity index (χ2n) is 6.49. The molecule has 0 aliphatic carbocycles. The predicted octanol–water partition coefficient (Wildman–Crippen LogP) is 5.43. The summed E-state index contributed by atoms with van der Waals surface area (Å²) in [5.41, 5.74) is 1.09. The molecule has 3 aromatic rings. The third-order valence-corrected chi connectivity index (χ3v) is 5.03. The standard InChI is InChI=1S/C24H23BrN2O4S/c1-2-29-21-13-12-17(16-19(21)25)23(28)27-24(32)26-20-10-6-7-11-22(20)31-15-14-30-18-8-4-3-5-9-18/h3-13,16H,2,14-15H2,1H3,(H2,26,27,28,32). The van der Waals surface area contributed by atoms with Gasteiger partial charge in [0.15, 0.2) is 5.11 Å². The average Bonchev–Trinajstić information content (AvgIpc) is 2.80. The van der Waals surface area contributed by atoms with Gasteiger partial charge < -0.3 is 19.5 Å². The van der Waals surface area contributed by atoms with Crippen LogP contribution in [0.1, 0.15) is 17.3 Å². The monoisotopic (exact) mass is 514 g/mol. The number of benzene rings is 3. The lowest BCUT2D eigenvalue weighted by atomic mass is 10.2. The van der Waals surface area contributed by atoms with Crippen molar-refractivity contribution in [2.75, 3.05) is 25.1 Å². The number of nitrogens with one attached hydrogen (secondary N) is 2. The molecular formula is C24H23BrN2O4S. The molecule has 0 spiro atoms. The SMILES string of the molecule is CCOc1ccc(C(=O)NC(=S)Nc2ccccc2OCCOc2ccccc2)cc1Br. The van der Waals surface area contributed by atoms with Gasteiger partial charge >= 0.3 is 0 Å². The Balaban J connectivity index is 1.53. The zero-order chi connectivity index (χ0) is 22.8. The van der Waals surface area contributed by atoms with Gasteiger partial charge in [0, 0.05) is 5.56 Å². The minimum atomic E-state index is -0.332. The van der Waals surface area contributed by atoms with E-state index in [1.54, 1.807) is 18.2 Å². The van der Waals surface area contributed by atoms with Gasteiger partial charge in [-0.1, -0.05) is 30.3 Å². The van der Waals surface area contributed by atoms with Crippen molar-refractivity contribution in [2.24, 2.45) is 0 Å². The molecule has 3 rings (SSSR count). The fourth-order valence-corrected chi connectivity index (χ4v) is 3.46. The molecule has 0 fully saturated rings. The molecule has 0 bridgehead atoms. The van der Waals surface area contributed by atoms with Crippen LogP contribution in [0.3, 0.4) is 0 Å². The second kappa shape index (κ2) is 12.1. The minimum absolute atomic E-state index is 0.164. The summed E-state index contributed by atoms with van der Waals surface area (Å²) < 4.78 is 17.6. The van der Waals surface area contributed by atoms with E-state index in [9.17, 15) is 4.79 Å². The van der Waals surface area contributed by atoms with Gasteiger partial charge in [-0.15, -0.1) is 0 Å². The fraction of sp³-hybridized carbons (Fsp3) is 0.167. The van der Waals surface area contributed by atoms with Gasteiger partial charge in [0.05, 0.1) is 16.8 Å². The number of hydrogen-bond donors (Lipinski definition) is 2. The molecule has 0 saturated carbocycles. The Bertz CT molecular complexity index is 1060. The van der Waals surface area contributed by atoms with Crippen LogP contribution in [0.5, 0.6) is 17.2 Å². The van der Waals surface area contributed by atoms with Gasteiger partial charge in [0.2, 0.25) is 0 Å². The molecule has 3 aromatic carbocycles. The summed E-state index contributed by atoms with van der Waals surface area (Å²) in [6, 6.07) is 22.0. The van der Waals surface area contributed by atoms with Crippen molar-refractivity contribution in [1.29, 1.82) is 0 Å². The normalized spacial score (nSPS) is 10.2.